The molecule has 0 aliphatic heterocycles. The van der Waals surface area contributed by atoms with E-state index < -0.39 is 18.0 Å². The zero-order chi connectivity index (χ0) is 21.0. The fourth-order valence-corrected chi connectivity index (χ4v) is 2.72. The van der Waals surface area contributed by atoms with Crippen LogP contribution >= 0.6 is 0 Å². The summed E-state index contributed by atoms with van der Waals surface area (Å²) in [7, 11) is 0. The topological polar surface area (TPSA) is 90.3 Å². The number of nitrogens with one attached hydrogen (secondary N) is 1. The third kappa shape index (κ3) is 4.76. The van der Waals surface area contributed by atoms with Crippen LogP contribution in [0.2, 0.25) is 0 Å². The number of hydrogen-bond acceptors (Lipinski definition) is 5. The lowest BCUT2D eigenvalue weighted by Gasteiger charge is -2.14. The van der Waals surface area contributed by atoms with E-state index in [1.165, 1.54) is 13.8 Å². The lowest BCUT2D eigenvalue weighted by atomic mass is 10.1. The van der Waals surface area contributed by atoms with Crippen LogP contribution < -0.4 is 5.32 Å². The molecule has 29 heavy (non-hydrogen) atoms. The Bertz CT molecular complexity index is 1050. The Morgan fingerprint density at radius 2 is 1.76 bits per heavy atom. The van der Waals surface area contributed by atoms with E-state index in [-0.39, 0.29) is 5.78 Å². The summed E-state index contributed by atoms with van der Waals surface area (Å²) in [6.07, 6.45) is 0.695. The molecule has 1 amide bonds. The first-order valence-corrected chi connectivity index (χ1v) is 9.09. The fraction of sp³-hybridized carbons (Fsp3) is 0.182. The number of carbonyl (C=O) groups excluding carboxylic acids is 3. The number of hydrogen-bond donors (Lipinski definition) is 1. The zero-order valence-electron chi connectivity index (χ0n) is 16.4. The molecule has 2 aromatic carbocycles. The van der Waals surface area contributed by atoms with Crippen LogP contribution in [0.5, 0.6) is 0 Å². The summed E-state index contributed by atoms with van der Waals surface area (Å²) < 4.78 is 7.01. The summed E-state index contributed by atoms with van der Waals surface area (Å²) in [5.74, 6) is -1.19. The number of ketones is 1. The summed E-state index contributed by atoms with van der Waals surface area (Å²) in [4.78, 5) is 36.1. The van der Waals surface area contributed by atoms with E-state index >= 15 is 0 Å². The molecule has 3 rings (SSSR count). The number of rotatable bonds is 6. The number of nitrogens with zero attached hydrogens (tertiary/aromatic N) is 2. The number of esters is 1. The van der Waals surface area contributed by atoms with Crippen molar-refractivity contribution in [3.8, 4) is 5.69 Å². The quantitative estimate of drug-likeness (QED) is 0.512. The van der Waals surface area contributed by atoms with Crippen molar-refractivity contribution >= 4 is 23.3 Å². The minimum Gasteiger partial charge on any atom is -0.449 e. The van der Waals surface area contributed by atoms with Crippen LogP contribution in [0, 0.1) is 6.92 Å². The molecule has 1 N–H and O–H groups in total. The molecule has 1 unspecified atom stereocenters. The summed E-state index contributed by atoms with van der Waals surface area (Å²) in [6, 6.07) is 15.2. The molecule has 0 aliphatic rings. The van der Waals surface area contributed by atoms with Crippen molar-refractivity contribution in [2.75, 3.05) is 5.32 Å². The van der Waals surface area contributed by atoms with E-state index in [9.17, 15) is 14.4 Å². The first-order valence-electron chi connectivity index (χ1n) is 9.09. The summed E-state index contributed by atoms with van der Waals surface area (Å²) in [5, 5.41) is 6.86. The second kappa shape index (κ2) is 8.52. The van der Waals surface area contributed by atoms with Gasteiger partial charge in [-0.25, -0.2) is 9.48 Å². The van der Waals surface area contributed by atoms with E-state index in [4.69, 9.17) is 4.74 Å². The summed E-state index contributed by atoms with van der Waals surface area (Å²) >= 11 is 0. The Labute approximate surface area is 168 Å². The van der Waals surface area contributed by atoms with Gasteiger partial charge in [0, 0.05) is 23.1 Å². The van der Waals surface area contributed by atoms with E-state index in [1.807, 2.05) is 13.0 Å². The van der Waals surface area contributed by atoms with Crippen LogP contribution in [0.1, 0.15) is 40.3 Å². The van der Waals surface area contributed by atoms with Crippen molar-refractivity contribution in [1.29, 1.82) is 0 Å². The lowest BCUT2D eigenvalue weighted by molar-refractivity contribution is -0.123. The first kappa shape index (κ1) is 20.0. The van der Waals surface area contributed by atoms with Crippen LogP contribution in [0.25, 0.3) is 5.69 Å². The molecule has 1 heterocycles. The van der Waals surface area contributed by atoms with E-state index in [0.29, 0.717) is 16.8 Å². The van der Waals surface area contributed by atoms with Gasteiger partial charge in [0.05, 0.1) is 11.3 Å². The van der Waals surface area contributed by atoms with Gasteiger partial charge in [-0.1, -0.05) is 12.1 Å². The van der Waals surface area contributed by atoms with Crippen LogP contribution in [-0.2, 0) is 9.53 Å². The number of carbonyl (C=O) groups is 3. The third-order valence-electron chi connectivity index (χ3n) is 4.37. The molecule has 1 atom stereocenters. The maximum Gasteiger partial charge on any atom is 0.338 e. The molecule has 0 saturated carbocycles. The molecule has 0 fully saturated rings. The molecule has 148 valence electrons. The minimum atomic E-state index is -1.00. The predicted octanol–water partition coefficient (Wildman–Crippen LogP) is 3.57. The number of ether oxygens (including phenoxy) is 1. The number of Topliss-reactive ketones (excluding diaryl/α,β-unsaturated/α-hetero) is 1. The monoisotopic (exact) mass is 391 g/mol. The van der Waals surface area contributed by atoms with Gasteiger partial charge in [0.2, 0.25) is 0 Å². The highest BCUT2D eigenvalue weighted by molar-refractivity contribution is 5.99. The van der Waals surface area contributed by atoms with Gasteiger partial charge >= 0.3 is 5.97 Å². The molecule has 7 heteroatoms. The molecule has 0 spiro atoms. The van der Waals surface area contributed by atoms with Crippen LogP contribution in [0.4, 0.5) is 5.69 Å². The average molecular weight is 391 g/mol. The molecule has 0 saturated heterocycles. The van der Waals surface area contributed by atoms with Crippen molar-refractivity contribution in [2.45, 2.75) is 26.9 Å². The smallest absolute Gasteiger partial charge is 0.338 e. The van der Waals surface area contributed by atoms with Crippen LogP contribution in [0.15, 0.2) is 60.8 Å². The maximum atomic E-state index is 12.4. The number of anilines is 1. The average Bonchev–Trinajstić information content (AvgIpc) is 3.14. The third-order valence-corrected chi connectivity index (χ3v) is 4.37. The molecule has 0 bridgehead atoms. The number of aromatic nitrogens is 2. The van der Waals surface area contributed by atoms with Crippen molar-refractivity contribution in [2.24, 2.45) is 0 Å². The van der Waals surface area contributed by atoms with Gasteiger partial charge in [0.25, 0.3) is 5.91 Å². The van der Waals surface area contributed by atoms with Crippen molar-refractivity contribution in [3.05, 3.63) is 77.6 Å². The number of aryl methyl sites for hydroxylation is 1. The molecule has 0 aliphatic carbocycles. The molecule has 3 aromatic rings. The van der Waals surface area contributed by atoms with Crippen LogP contribution in [0.3, 0.4) is 0 Å². The Morgan fingerprint density at radius 1 is 1.03 bits per heavy atom. The van der Waals surface area contributed by atoms with Gasteiger partial charge < -0.3 is 10.1 Å². The maximum absolute atomic E-state index is 12.4. The largest absolute Gasteiger partial charge is 0.449 e. The fourth-order valence-electron chi connectivity index (χ4n) is 2.72. The Hall–Kier alpha value is -3.74. The van der Waals surface area contributed by atoms with Gasteiger partial charge in [0.15, 0.2) is 11.9 Å². The van der Waals surface area contributed by atoms with Crippen molar-refractivity contribution in [3.63, 3.8) is 0 Å². The second-order valence-electron chi connectivity index (χ2n) is 6.61. The van der Waals surface area contributed by atoms with Gasteiger partial charge in [-0.15, -0.1) is 0 Å². The molecular formula is C22H21N3O4. The zero-order valence-corrected chi connectivity index (χ0v) is 16.4. The predicted molar refractivity (Wildman–Crippen MR) is 108 cm³/mol. The van der Waals surface area contributed by atoms with E-state index in [2.05, 4.69) is 10.4 Å². The molecule has 0 radical (unpaired) electrons. The number of benzene rings is 2. The van der Waals surface area contributed by atoms with Gasteiger partial charge in [-0.3, -0.25) is 9.59 Å². The highest BCUT2D eigenvalue weighted by atomic mass is 16.5. The molecule has 1 aromatic heterocycles. The van der Waals surface area contributed by atoms with Crippen molar-refractivity contribution < 1.29 is 19.1 Å². The normalized spacial score (nSPS) is 11.6. The highest BCUT2D eigenvalue weighted by Crippen LogP contribution is 2.14. The standard InChI is InChI=1S/C22H21N3O4/c1-14-11-12-23-25(14)20-9-7-17(8-10-20)22(28)29-16(3)21(27)24-19-6-4-5-18(13-19)15(2)26/h4-13,16H,1-3H3,(H,24,27). The Balaban J connectivity index is 1.62. The Morgan fingerprint density at radius 3 is 2.38 bits per heavy atom. The lowest BCUT2D eigenvalue weighted by Crippen LogP contribution is -2.30. The van der Waals surface area contributed by atoms with Gasteiger partial charge in [-0.05, 0) is 63.2 Å². The second-order valence-corrected chi connectivity index (χ2v) is 6.61. The van der Waals surface area contributed by atoms with Crippen LogP contribution in [-0.4, -0.2) is 33.5 Å². The SMILES string of the molecule is CC(=O)c1cccc(NC(=O)C(C)OC(=O)c2ccc(-n3nccc3C)cc2)c1. The first-order chi connectivity index (χ1) is 13.8. The van der Waals surface area contributed by atoms with Gasteiger partial charge in [0.1, 0.15) is 0 Å². The molecule has 7 nitrogen and oxygen atoms in total. The number of amides is 1. The highest BCUT2D eigenvalue weighted by Gasteiger charge is 2.19. The van der Waals surface area contributed by atoms with Gasteiger partial charge in [-0.2, -0.15) is 5.10 Å². The summed E-state index contributed by atoms with van der Waals surface area (Å²) in [6.45, 7) is 4.87. The summed E-state index contributed by atoms with van der Waals surface area (Å²) in [5.41, 5.74) is 3.07. The van der Waals surface area contributed by atoms with E-state index in [0.717, 1.165) is 11.4 Å². The molecular weight excluding hydrogens is 370 g/mol. The Kier molecular flexibility index (Phi) is 5.87. The minimum absolute atomic E-state index is 0.102. The van der Waals surface area contributed by atoms with Crippen molar-refractivity contribution in [1.82, 2.24) is 9.78 Å². The van der Waals surface area contributed by atoms with E-state index in [1.54, 1.807) is 59.4 Å².